The van der Waals surface area contributed by atoms with Gasteiger partial charge in [0.1, 0.15) is 11.5 Å². The van der Waals surface area contributed by atoms with E-state index >= 15 is 0 Å². The highest BCUT2D eigenvalue weighted by atomic mass is 16.5. The van der Waals surface area contributed by atoms with Gasteiger partial charge in [-0.3, -0.25) is 0 Å². The van der Waals surface area contributed by atoms with Crippen LogP contribution in [0, 0.1) is 5.92 Å². The van der Waals surface area contributed by atoms with Crippen LogP contribution in [0.4, 0.5) is 0 Å². The van der Waals surface area contributed by atoms with E-state index in [1.807, 2.05) is 18.2 Å². The van der Waals surface area contributed by atoms with E-state index in [9.17, 15) is 5.11 Å². The highest BCUT2D eigenvalue weighted by Gasteiger charge is 2.29. The molecule has 0 heterocycles. The summed E-state index contributed by atoms with van der Waals surface area (Å²) in [5.74, 6) is 1.72. The maximum absolute atomic E-state index is 10.6. The van der Waals surface area contributed by atoms with Gasteiger partial charge in [0, 0.05) is 5.56 Å². The zero-order chi connectivity index (χ0) is 14.5. The molecule has 0 amide bonds. The minimum Gasteiger partial charge on any atom is -0.497 e. The minimum atomic E-state index is -0.531. The van der Waals surface area contributed by atoms with Crippen LogP contribution in [0.1, 0.15) is 43.7 Å². The minimum absolute atomic E-state index is 0.287. The summed E-state index contributed by atoms with van der Waals surface area (Å²) in [5.41, 5.74) is 7.09. The van der Waals surface area contributed by atoms with E-state index in [1.54, 1.807) is 14.2 Å². The fourth-order valence-electron chi connectivity index (χ4n) is 3.05. The van der Waals surface area contributed by atoms with Gasteiger partial charge in [-0.1, -0.05) is 19.3 Å². The Morgan fingerprint density at radius 1 is 1.15 bits per heavy atom. The molecule has 2 atom stereocenters. The van der Waals surface area contributed by atoms with Gasteiger partial charge >= 0.3 is 0 Å². The van der Waals surface area contributed by atoms with Gasteiger partial charge in [-0.15, -0.1) is 0 Å². The molecule has 0 radical (unpaired) electrons. The summed E-state index contributed by atoms with van der Waals surface area (Å²) in [6.45, 7) is 0. The Hall–Kier alpha value is -1.26. The summed E-state index contributed by atoms with van der Waals surface area (Å²) < 4.78 is 10.6. The molecule has 0 aliphatic heterocycles. The molecule has 0 unspecified atom stereocenters. The summed E-state index contributed by atoms with van der Waals surface area (Å²) in [6.07, 6.45) is 5.22. The Labute approximate surface area is 120 Å². The molecule has 0 aromatic heterocycles. The molecule has 0 saturated heterocycles. The topological polar surface area (TPSA) is 64.7 Å². The number of aliphatic hydroxyl groups excluding tert-OH is 1. The first kappa shape index (κ1) is 15.1. The van der Waals surface area contributed by atoms with Gasteiger partial charge in [-0.25, -0.2) is 0 Å². The van der Waals surface area contributed by atoms with Crippen molar-refractivity contribution in [2.75, 3.05) is 14.2 Å². The summed E-state index contributed by atoms with van der Waals surface area (Å²) in [7, 11) is 3.24. The molecule has 1 aliphatic rings. The molecule has 4 nitrogen and oxygen atoms in total. The predicted molar refractivity (Wildman–Crippen MR) is 79.1 cm³/mol. The van der Waals surface area contributed by atoms with Gasteiger partial charge in [0.15, 0.2) is 0 Å². The van der Waals surface area contributed by atoms with Crippen LogP contribution in [0.5, 0.6) is 11.5 Å². The molecular weight excluding hydrogens is 254 g/mol. The molecule has 0 spiro atoms. The van der Waals surface area contributed by atoms with E-state index in [2.05, 4.69) is 0 Å². The van der Waals surface area contributed by atoms with Gasteiger partial charge in [-0.05, 0) is 37.0 Å². The average molecular weight is 279 g/mol. The molecule has 1 aliphatic carbocycles. The molecule has 0 bridgehead atoms. The van der Waals surface area contributed by atoms with Gasteiger partial charge < -0.3 is 20.3 Å². The van der Waals surface area contributed by atoms with Gasteiger partial charge in [0.25, 0.3) is 0 Å². The van der Waals surface area contributed by atoms with E-state index in [0.29, 0.717) is 5.75 Å². The molecule has 4 heteroatoms. The summed E-state index contributed by atoms with van der Waals surface area (Å²) in [4.78, 5) is 0. The van der Waals surface area contributed by atoms with Crippen molar-refractivity contribution in [2.24, 2.45) is 11.7 Å². The molecule has 1 aromatic rings. The van der Waals surface area contributed by atoms with Crippen molar-refractivity contribution in [1.29, 1.82) is 0 Å². The standard InChI is InChI=1S/C16H25NO3/c1-19-12-8-9-14(20-2)13(10-12)15(17)16(18)11-6-4-3-5-7-11/h8-11,15-16,18H,3-7,17H2,1-2H3/t15-,16+/m1/s1. The maximum Gasteiger partial charge on any atom is 0.123 e. The third kappa shape index (κ3) is 3.25. The van der Waals surface area contributed by atoms with E-state index in [4.69, 9.17) is 15.2 Å². The van der Waals surface area contributed by atoms with E-state index < -0.39 is 12.1 Å². The Kier molecular flexibility index (Phi) is 5.26. The first-order chi connectivity index (χ1) is 9.67. The Balaban J connectivity index is 2.19. The summed E-state index contributed by atoms with van der Waals surface area (Å²) in [6, 6.07) is 5.09. The second-order valence-corrected chi connectivity index (χ2v) is 5.52. The number of aliphatic hydroxyl groups is 1. The van der Waals surface area contributed by atoms with E-state index in [0.717, 1.165) is 24.2 Å². The van der Waals surface area contributed by atoms with Crippen LogP contribution in [0.3, 0.4) is 0 Å². The van der Waals surface area contributed by atoms with Crippen LogP contribution >= 0.6 is 0 Å². The van der Waals surface area contributed by atoms with Gasteiger partial charge in [0.2, 0.25) is 0 Å². The quantitative estimate of drug-likeness (QED) is 0.869. The maximum atomic E-state index is 10.6. The number of hydrogen-bond donors (Lipinski definition) is 2. The Bertz CT molecular complexity index is 430. The molecule has 1 aromatic carbocycles. The smallest absolute Gasteiger partial charge is 0.123 e. The van der Waals surface area contributed by atoms with Crippen LogP contribution < -0.4 is 15.2 Å². The SMILES string of the molecule is COc1ccc(OC)c([C@@H](N)[C@@H](O)C2CCCCC2)c1. The van der Waals surface area contributed by atoms with Crippen LogP contribution in [0.2, 0.25) is 0 Å². The van der Waals surface area contributed by atoms with Gasteiger partial charge in [0.05, 0.1) is 26.4 Å². The first-order valence-electron chi connectivity index (χ1n) is 7.33. The van der Waals surface area contributed by atoms with Crippen molar-refractivity contribution < 1.29 is 14.6 Å². The highest BCUT2D eigenvalue weighted by molar-refractivity contribution is 5.42. The van der Waals surface area contributed by atoms with Crippen molar-refractivity contribution in [2.45, 2.75) is 44.2 Å². The van der Waals surface area contributed by atoms with Crippen molar-refractivity contribution in [3.05, 3.63) is 23.8 Å². The summed E-state index contributed by atoms with van der Waals surface area (Å²) >= 11 is 0. The number of hydrogen-bond acceptors (Lipinski definition) is 4. The zero-order valence-corrected chi connectivity index (χ0v) is 12.3. The third-order valence-electron chi connectivity index (χ3n) is 4.30. The van der Waals surface area contributed by atoms with Crippen molar-refractivity contribution in [1.82, 2.24) is 0 Å². The van der Waals surface area contributed by atoms with Crippen molar-refractivity contribution in [3.63, 3.8) is 0 Å². The summed E-state index contributed by atoms with van der Waals surface area (Å²) in [5, 5.41) is 10.6. The molecule has 1 fully saturated rings. The monoisotopic (exact) mass is 279 g/mol. The van der Waals surface area contributed by atoms with Gasteiger partial charge in [-0.2, -0.15) is 0 Å². The normalized spacial score (nSPS) is 19.4. The number of methoxy groups -OCH3 is 2. The van der Waals surface area contributed by atoms with Crippen LogP contribution in [-0.2, 0) is 0 Å². The number of rotatable bonds is 5. The molecule has 2 rings (SSSR count). The van der Waals surface area contributed by atoms with E-state index in [1.165, 1.54) is 19.3 Å². The average Bonchev–Trinajstić information content (AvgIpc) is 2.53. The van der Waals surface area contributed by atoms with E-state index in [-0.39, 0.29) is 5.92 Å². The largest absolute Gasteiger partial charge is 0.497 e. The number of nitrogens with two attached hydrogens (primary N) is 1. The second kappa shape index (κ2) is 6.95. The molecule has 20 heavy (non-hydrogen) atoms. The first-order valence-corrected chi connectivity index (χ1v) is 7.33. The zero-order valence-electron chi connectivity index (χ0n) is 12.3. The lowest BCUT2D eigenvalue weighted by Gasteiger charge is -2.31. The third-order valence-corrected chi connectivity index (χ3v) is 4.30. The highest BCUT2D eigenvalue weighted by Crippen LogP contribution is 2.35. The fourth-order valence-corrected chi connectivity index (χ4v) is 3.05. The molecule has 1 saturated carbocycles. The number of ether oxygens (including phenoxy) is 2. The van der Waals surface area contributed by atoms with Crippen LogP contribution in [0.15, 0.2) is 18.2 Å². The second-order valence-electron chi connectivity index (χ2n) is 5.52. The molecule has 3 N–H and O–H groups in total. The molecule has 112 valence electrons. The lowest BCUT2D eigenvalue weighted by atomic mass is 9.81. The van der Waals surface area contributed by atoms with Crippen LogP contribution in [-0.4, -0.2) is 25.4 Å². The lowest BCUT2D eigenvalue weighted by Crippen LogP contribution is -2.34. The van der Waals surface area contributed by atoms with Crippen molar-refractivity contribution >= 4 is 0 Å². The number of benzene rings is 1. The fraction of sp³-hybridized carbons (Fsp3) is 0.625. The lowest BCUT2D eigenvalue weighted by molar-refractivity contribution is 0.0610. The predicted octanol–water partition coefficient (Wildman–Crippen LogP) is 2.64. The Morgan fingerprint density at radius 3 is 2.45 bits per heavy atom. The Morgan fingerprint density at radius 2 is 1.85 bits per heavy atom. The molecular formula is C16H25NO3. The van der Waals surface area contributed by atoms with Crippen LogP contribution in [0.25, 0.3) is 0 Å². The van der Waals surface area contributed by atoms with Crippen molar-refractivity contribution in [3.8, 4) is 11.5 Å².